The molecule has 0 unspecified atom stereocenters. The first-order valence-electron chi connectivity index (χ1n) is 4.65. The van der Waals surface area contributed by atoms with E-state index in [4.69, 9.17) is 10.2 Å². The van der Waals surface area contributed by atoms with Crippen LogP contribution in [0.4, 0.5) is 5.69 Å². The fraction of sp³-hybridized carbons (Fsp3) is 0.222. The standard InChI is InChI=1S/C9H9NO7S/c11-4-5-18(16,17)8-6(9(12)13)2-1-3-7(8)10(14)15/h1-3,11H,4-5H2,(H,12,13). The molecular formula is C9H9NO7S. The van der Waals surface area contributed by atoms with Crippen molar-refractivity contribution >= 4 is 21.5 Å². The summed E-state index contributed by atoms with van der Waals surface area (Å²) in [4.78, 5) is 19.8. The number of carboxylic acid groups (broad SMARTS) is 1. The molecule has 0 aliphatic rings. The van der Waals surface area contributed by atoms with Gasteiger partial charge in [0.15, 0.2) is 14.7 Å². The van der Waals surface area contributed by atoms with Gasteiger partial charge in [0.25, 0.3) is 5.69 Å². The molecule has 9 heteroatoms. The van der Waals surface area contributed by atoms with Gasteiger partial charge in [0, 0.05) is 6.07 Å². The van der Waals surface area contributed by atoms with Gasteiger partial charge in [0.1, 0.15) is 0 Å². The van der Waals surface area contributed by atoms with Crippen molar-refractivity contribution in [2.24, 2.45) is 0 Å². The average molecular weight is 275 g/mol. The molecule has 0 spiro atoms. The molecule has 0 saturated heterocycles. The lowest BCUT2D eigenvalue weighted by atomic mass is 10.2. The molecule has 0 saturated carbocycles. The maximum Gasteiger partial charge on any atom is 0.337 e. The van der Waals surface area contributed by atoms with Gasteiger partial charge in [-0.2, -0.15) is 0 Å². The molecule has 8 nitrogen and oxygen atoms in total. The number of sulfone groups is 1. The van der Waals surface area contributed by atoms with Gasteiger partial charge >= 0.3 is 5.97 Å². The van der Waals surface area contributed by atoms with Crippen LogP contribution < -0.4 is 0 Å². The van der Waals surface area contributed by atoms with E-state index in [-0.39, 0.29) is 0 Å². The molecule has 1 aromatic carbocycles. The summed E-state index contributed by atoms with van der Waals surface area (Å²) < 4.78 is 23.5. The Kier molecular flexibility index (Phi) is 3.99. The van der Waals surface area contributed by atoms with Crippen molar-refractivity contribution in [3.63, 3.8) is 0 Å². The van der Waals surface area contributed by atoms with E-state index in [0.717, 1.165) is 18.2 Å². The Labute approximate surface area is 102 Å². The van der Waals surface area contributed by atoms with Crippen LogP contribution in [0, 0.1) is 10.1 Å². The lowest BCUT2D eigenvalue weighted by molar-refractivity contribution is -0.387. The Hall–Kier alpha value is -2.00. The van der Waals surface area contributed by atoms with E-state index in [1.807, 2.05) is 0 Å². The number of carbonyl (C=O) groups is 1. The van der Waals surface area contributed by atoms with Gasteiger partial charge < -0.3 is 10.2 Å². The minimum Gasteiger partial charge on any atom is -0.478 e. The summed E-state index contributed by atoms with van der Waals surface area (Å²) in [6.07, 6.45) is 0. The number of carboxylic acids is 1. The zero-order chi connectivity index (χ0) is 13.9. The van der Waals surface area contributed by atoms with Gasteiger partial charge in [-0.1, -0.05) is 6.07 Å². The molecule has 98 valence electrons. The molecule has 0 aliphatic carbocycles. The first-order chi connectivity index (χ1) is 8.31. The number of aliphatic hydroxyl groups excluding tert-OH is 1. The van der Waals surface area contributed by atoms with Gasteiger partial charge in [0.2, 0.25) is 0 Å². The first kappa shape index (κ1) is 14.1. The molecule has 0 bridgehead atoms. The fourth-order valence-corrected chi connectivity index (χ4v) is 2.78. The van der Waals surface area contributed by atoms with Gasteiger partial charge in [-0.15, -0.1) is 0 Å². The van der Waals surface area contributed by atoms with E-state index >= 15 is 0 Å². The van der Waals surface area contributed by atoms with E-state index in [1.54, 1.807) is 0 Å². The van der Waals surface area contributed by atoms with Crippen molar-refractivity contribution in [3.05, 3.63) is 33.9 Å². The molecule has 0 aromatic heterocycles. The number of nitrogens with zero attached hydrogens (tertiary/aromatic N) is 1. The smallest absolute Gasteiger partial charge is 0.337 e. The van der Waals surface area contributed by atoms with Crippen molar-refractivity contribution in [1.82, 2.24) is 0 Å². The van der Waals surface area contributed by atoms with E-state index in [9.17, 15) is 23.3 Å². The molecule has 0 heterocycles. The number of nitro groups is 1. The van der Waals surface area contributed by atoms with Crippen LogP contribution in [0.25, 0.3) is 0 Å². The van der Waals surface area contributed by atoms with Crippen molar-refractivity contribution in [2.45, 2.75) is 4.90 Å². The highest BCUT2D eigenvalue weighted by Crippen LogP contribution is 2.28. The van der Waals surface area contributed by atoms with Crippen LogP contribution in [0.3, 0.4) is 0 Å². The van der Waals surface area contributed by atoms with Crippen LogP contribution in [0.1, 0.15) is 10.4 Å². The lowest BCUT2D eigenvalue weighted by Crippen LogP contribution is -2.16. The summed E-state index contributed by atoms with van der Waals surface area (Å²) in [5.74, 6) is -2.37. The highest BCUT2D eigenvalue weighted by atomic mass is 32.2. The van der Waals surface area contributed by atoms with E-state index in [1.165, 1.54) is 0 Å². The molecule has 0 amide bonds. The Morgan fingerprint density at radius 3 is 2.44 bits per heavy atom. The summed E-state index contributed by atoms with van der Waals surface area (Å²) in [7, 11) is -4.23. The quantitative estimate of drug-likeness (QED) is 0.572. The van der Waals surface area contributed by atoms with Crippen molar-refractivity contribution in [1.29, 1.82) is 0 Å². The third kappa shape index (κ3) is 2.63. The summed E-state index contributed by atoms with van der Waals surface area (Å²) in [6, 6.07) is 2.94. The molecule has 18 heavy (non-hydrogen) atoms. The van der Waals surface area contributed by atoms with Crippen LogP contribution >= 0.6 is 0 Å². The molecule has 0 fully saturated rings. The highest BCUT2D eigenvalue weighted by molar-refractivity contribution is 7.91. The maximum atomic E-state index is 11.8. The number of rotatable bonds is 5. The van der Waals surface area contributed by atoms with Crippen molar-refractivity contribution < 1.29 is 28.3 Å². The molecule has 0 radical (unpaired) electrons. The zero-order valence-corrected chi connectivity index (χ0v) is 9.75. The predicted octanol–water partition coefficient (Wildman–Crippen LogP) is 0.0590. The summed E-state index contributed by atoms with van der Waals surface area (Å²) in [5, 5.41) is 28.2. The van der Waals surface area contributed by atoms with Crippen LogP contribution in [-0.2, 0) is 9.84 Å². The van der Waals surface area contributed by atoms with Gasteiger partial charge in [-0.25, -0.2) is 13.2 Å². The molecule has 1 aromatic rings. The van der Waals surface area contributed by atoms with E-state index in [0.29, 0.717) is 0 Å². The van der Waals surface area contributed by atoms with Gasteiger partial charge in [-0.3, -0.25) is 10.1 Å². The first-order valence-corrected chi connectivity index (χ1v) is 6.31. The Bertz CT molecular complexity index is 561. The van der Waals surface area contributed by atoms with Crippen LogP contribution in [-0.4, -0.2) is 41.9 Å². The second-order valence-corrected chi connectivity index (χ2v) is 5.30. The number of aromatic carboxylic acids is 1. The summed E-state index contributed by atoms with van der Waals surface area (Å²) in [6.45, 7) is -0.757. The molecule has 1 rings (SSSR count). The average Bonchev–Trinajstić information content (AvgIpc) is 2.27. The molecule has 0 aliphatic heterocycles. The minimum absolute atomic E-state index is 0.683. The summed E-state index contributed by atoms with van der Waals surface area (Å²) >= 11 is 0. The normalized spacial score (nSPS) is 11.2. The van der Waals surface area contributed by atoms with Crippen molar-refractivity contribution in [2.75, 3.05) is 12.4 Å². The van der Waals surface area contributed by atoms with Gasteiger partial charge in [0.05, 0.1) is 22.8 Å². The predicted molar refractivity (Wildman–Crippen MR) is 59.2 cm³/mol. The Balaban J connectivity index is 3.66. The van der Waals surface area contributed by atoms with Crippen LogP contribution in [0.5, 0.6) is 0 Å². The molecule has 0 atom stereocenters. The third-order valence-corrected chi connectivity index (χ3v) is 3.86. The van der Waals surface area contributed by atoms with Gasteiger partial charge in [-0.05, 0) is 6.07 Å². The number of hydrogen-bond donors (Lipinski definition) is 2. The third-order valence-electron chi connectivity index (χ3n) is 2.09. The second kappa shape index (κ2) is 5.10. The Morgan fingerprint density at radius 2 is 2.00 bits per heavy atom. The number of nitro benzene ring substituents is 1. The number of aliphatic hydroxyl groups is 1. The highest BCUT2D eigenvalue weighted by Gasteiger charge is 2.31. The Morgan fingerprint density at radius 1 is 1.39 bits per heavy atom. The number of benzene rings is 1. The van der Waals surface area contributed by atoms with Crippen molar-refractivity contribution in [3.8, 4) is 0 Å². The SMILES string of the molecule is O=C(O)c1cccc([N+](=O)[O-])c1S(=O)(=O)CCO. The molecule has 2 N–H and O–H groups in total. The summed E-state index contributed by atoms with van der Waals surface area (Å²) in [5.41, 5.74) is -1.50. The van der Waals surface area contributed by atoms with Crippen LogP contribution in [0.15, 0.2) is 23.1 Å². The van der Waals surface area contributed by atoms with E-state index < -0.39 is 49.2 Å². The lowest BCUT2D eigenvalue weighted by Gasteiger charge is -2.07. The second-order valence-electron chi connectivity index (χ2n) is 3.26. The minimum atomic E-state index is -4.23. The van der Waals surface area contributed by atoms with Crippen LogP contribution in [0.2, 0.25) is 0 Å². The van der Waals surface area contributed by atoms with E-state index in [2.05, 4.69) is 0 Å². The fourth-order valence-electron chi connectivity index (χ4n) is 1.39. The monoisotopic (exact) mass is 275 g/mol. The maximum absolute atomic E-state index is 11.8. The molecular weight excluding hydrogens is 266 g/mol. The number of hydrogen-bond acceptors (Lipinski definition) is 6. The topological polar surface area (TPSA) is 135 Å². The largest absolute Gasteiger partial charge is 0.478 e. The zero-order valence-electron chi connectivity index (χ0n) is 8.94.